The number of hydrogen-bond donors (Lipinski definition) is 1. The van der Waals surface area contributed by atoms with E-state index in [1.54, 1.807) is 11.3 Å². The molecule has 0 aliphatic carbocycles. The summed E-state index contributed by atoms with van der Waals surface area (Å²) < 4.78 is 1.15. The van der Waals surface area contributed by atoms with Crippen LogP contribution in [0, 0.1) is 0 Å². The molecule has 4 nitrogen and oxygen atoms in total. The first-order valence-corrected chi connectivity index (χ1v) is 11.0. The molecule has 1 aliphatic rings. The lowest BCUT2D eigenvalue weighted by atomic mass is 10.1. The SMILES string of the molecule is Clc1c(Nc2nccc3sc(CN4CCCC4)nc23)cccc1-c1ccccc1. The summed E-state index contributed by atoms with van der Waals surface area (Å²) >= 11 is 8.50. The first-order valence-electron chi connectivity index (χ1n) is 9.86. The molecule has 1 aliphatic heterocycles. The fourth-order valence-electron chi connectivity index (χ4n) is 3.79. The Morgan fingerprint density at radius 3 is 2.66 bits per heavy atom. The molecule has 0 bridgehead atoms. The highest BCUT2D eigenvalue weighted by atomic mass is 35.5. The molecule has 3 heterocycles. The monoisotopic (exact) mass is 420 g/mol. The van der Waals surface area contributed by atoms with Crippen LogP contribution in [0.3, 0.4) is 0 Å². The van der Waals surface area contributed by atoms with Crippen molar-refractivity contribution in [3.8, 4) is 11.1 Å². The van der Waals surface area contributed by atoms with Crippen LogP contribution >= 0.6 is 22.9 Å². The lowest BCUT2D eigenvalue weighted by Gasteiger charge is -2.12. The van der Waals surface area contributed by atoms with E-state index in [1.165, 1.54) is 25.9 Å². The molecule has 5 rings (SSSR count). The van der Waals surface area contributed by atoms with Gasteiger partial charge in [-0.05, 0) is 43.6 Å². The van der Waals surface area contributed by atoms with E-state index in [2.05, 4.69) is 27.3 Å². The van der Waals surface area contributed by atoms with Gasteiger partial charge in [-0.1, -0.05) is 54.1 Å². The van der Waals surface area contributed by atoms with E-state index >= 15 is 0 Å². The van der Waals surface area contributed by atoms with Gasteiger partial charge >= 0.3 is 0 Å². The number of anilines is 2. The van der Waals surface area contributed by atoms with E-state index in [0.717, 1.165) is 44.4 Å². The molecule has 4 aromatic rings. The number of likely N-dealkylation sites (tertiary alicyclic amines) is 1. The number of benzene rings is 2. The topological polar surface area (TPSA) is 41.1 Å². The molecule has 1 N–H and O–H groups in total. The molecule has 1 fully saturated rings. The maximum Gasteiger partial charge on any atom is 0.157 e. The summed E-state index contributed by atoms with van der Waals surface area (Å²) in [5.74, 6) is 0.749. The van der Waals surface area contributed by atoms with Crippen LogP contribution < -0.4 is 5.32 Å². The maximum atomic E-state index is 6.75. The second-order valence-corrected chi connectivity index (χ2v) is 8.75. The molecule has 0 saturated carbocycles. The molecule has 0 amide bonds. The standard InChI is InChI=1S/C23H21ClN4S/c24-21-17(16-7-2-1-3-8-16)9-6-10-18(21)26-23-22-19(11-12-25-23)29-20(27-22)15-28-13-4-5-14-28/h1-3,6-12H,4-5,13-15H2,(H,25,26). The van der Waals surface area contributed by atoms with E-state index < -0.39 is 0 Å². The number of rotatable bonds is 5. The molecular weight excluding hydrogens is 400 g/mol. The lowest BCUT2D eigenvalue weighted by molar-refractivity contribution is 0.331. The number of thiazole rings is 1. The first kappa shape index (κ1) is 18.6. The molecule has 0 unspecified atom stereocenters. The lowest BCUT2D eigenvalue weighted by Crippen LogP contribution is -2.18. The van der Waals surface area contributed by atoms with Crippen LogP contribution in [0.4, 0.5) is 11.5 Å². The Morgan fingerprint density at radius 2 is 1.83 bits per heavy atom. The molecule has 0 atom stereocenters. The Kier molecular flexibility index (Phi) is 5.19. The van der Waals surface area contributed by atoms with E-state index in [9.17, 15) is 0 Å². The van der Waals surface area contributed by atoms with Crippen molar-refractivity contribution in [1.82, 2.24) is 14.9 Å². The zero-order valence-corrected chi connectivity index (χ0v) is 17.5. The number of nitrogens with zero attached hydrogens (tertiary/aromatic N) is 3. The minimum atomic E-state index is 0.685. The Bertz CT molecular complexity index is 1140. The van der Waals surface area contributed by atoms with Crippen molar-refractivity contribution in [3.05, 3.63) is 70.8 Å². The van der Waals surface area contributed by atoms with E-state index in [1.807, 2.05) is 48.7 Å². The van der Waals surface area contributed by atoms with Gasteiger partial charge in [0.05, 0.1) is 22.0 Å². The molecule has 1 saturated heterocycles. The van der Waals surface area contributed by atoms with Gasteiger partial charge in [-0.25, -0.2) is 9.97 Å². The Labute approximate surface area is 179 Å². The fraction of sp³-hybridized carbons (Fsp3) is 0.217. The number of pyridine rings is 1. The Hall–Kier alpha value is -2.47. The highest BCUT2D eigenvalue weighted by Crippen LogP contribution is 2.36. The smallest absolute Gasteiger partial charge is 0.157 e. The average Bonchev–Trinajstić information content (AvgIpc) is 3.40. The summed E-state index contributed by atoms with van der Waals surface area (Å²) in [6.07, 6.45) is 4.41. The van der Waals surface area contributed by atoms with Gasteiger partial charge in [0.2, 0.25) is 0 Å². The van der Waals surface area contributed by atoms with E-state index in [4.69, 9.17) is 16.6 Å². The Balaban J connectivity index is 1.47. The normalized spacial score (nSPS) is 14.5. The van der Waals surface area contributed by atoms with Crippen LogP contribution in [0.5, 0.6) is 0 Å². The third-order valence-electron chi connectivity index (χ3n) is 5.25. The second-order valence-electron chi connectivity index (χ2n) is 7.26. The van der Waals surface area contributed by atoms with Crippen molar-refractivity contribution in [2.45, 2.75) is 19.4 Å². The van der Waals surface area contributed by atoms with Crippen LogP contribution in [0.25, 0.3) is 21.3 Å². The minimum absolute atomic E-state index is 0.685. The van der Waals surface area contributed by atoms with Gasteiger partial charge in [0, 0.05) is 11.8 Å². The zero-order chi connectivity index (χ0) is 19.6. The third kappa shape index (κ3) is 3.86. The summed E-state index contributed by atoms with van der Waals surface area (Å²) in [7, 11) is 0. The van der Waals surface area contributed by atoms with Gasteiger partial charge in [-0.2, -0.15) is 0 Å². The van der Waals surface area contributed by atoms with E-state index in [-0.39, 0.29) is 0 Å². The first-order chi connectivity index (χ1) is 14.3. The summed E-state index contributed by atoms with van der Waals surface area (Å²) in [6.45, 7) is 3.26. The quantitative estimate of drug-likeness (QED) is 0.408. The van der Waals surface area contributed by atoms with Crippen LogP contribution in [0.2, 0.25) is 5.02 Å². The van der Waals surface area contributed by atoms with Crippen LogP contribution in [0.1, 0.15) is 17.8 Å². The summed E-state index contributed by atoms with van der Waals surface area (Å²) in [6, 6.07) is 18.2. The molecule has 2 aromatic heterocycles. The van der Waals surface area contributed by atoms with Gasteiger partial charge in [-0.15, -0.1) is 11.3 Å². The molecule has 146 valence electrons. The van der Waals surface area contributed by atoms with Gasteiger partial charge in [0.25, 0.3) is 0 Å². The summed E-state index contributed by atoms with van der Waals surface area (Å²) in [5, 5.41) is 5.25. The molecule has 29 heavy (non-hydrogen) atoms. The van der Waals surface area contributed by atoms with E-state index in [0.29, 0.717) is 5.02 Å². The molecule has 2 aromatic carbocycles. The fourth-order valence-corrected chi connectivity index (χ4v) is 5.08. The number of hydrogen-bond acceptors (Lipinski definition) is 5. The molecule has 0 spiro atoms. The number of nitrogens with one attached hydrogen (secondary N) is 1. The van der Waals surface area contributed by atoms with Crippen molar-refractivity contribution in [2.75, 3.05) is 18.4 Å². The molecule has 0 radical (unpaired) electrons. The van der Waals surface area contributed by atoms with Crippen molar-refractivity contribution in [1.29, 1.82) is 0 Å². The highest BCUT2D eigenvalue weighted by molar-refractivity contribution is 7.18. The number of fused-ring (bicyclic) bond motifs is 1. The maximum absolute atomic E-state index is 6.75. The predicted molar refractivity (Wildman–Crippen MR) is 122 cm³/mol. The van der Waals surface area contributed by atoms with Crippen molar-refractivity contribution < 1.29 is 0 Å². The third-order valence-corrected chi connectivity index (χ3v) is 6.66. The summed E-state index contributed by atoms with van der Waals surface area (Å²) in [5.41, 5.74) is 3.83. The van der Waals surface area contributed by atoms with Gasteiger partial charge in [0.1, 0.15) is 10.5 Å². The number of halogens is 1. The van der Waals surface area contributed by atoms with Gasteiger partial charge < -0.3 is 5.32 Å². The van der Waals surface area contributed by atoms with Crippen LogP contribution in [-0.2, 0) is 6.54 Å². The molecule has 6 heteroatoms. The Morgan fingerprint density at radius 1 is 1.00 bits per heavy atom. The van der Waals surface area contributed by atoms with Crippen molar-refractivity contribution in [3.63, 3.8) is 0 Å². The van der Waals surface area contributed by atoms with Gasteiger partial charge in [-0.3, -0.25) is 4.90 Å². The van der Waals surface area contributed by atoms with Crippen LogP contribution in [0.15, 0.2) is 60.8 Å². The van der Waals surface area contributed by atoms with Crippen molar-refractivity contribution >= 4 is 44.7 Å². The molecular formula is C23H21ClN4S. The van der Waals surface area contributed by atoms with Crippen LogP contribution in [-0.4, -0.2) is 28.0 Å². The minimum Gasteiger partial charge on any atom is -0.337 e. The van der Waals surface area contributed by atoms with Gasteiger partial charge in [0.15, 0.2) is 5.82 Å². The second kappa shape index (κ2) is 8.11. The van der Waals surface area contributed by atoms with Crippen molar-refractivity contribution in [2.24, 2.45) is 0 Å². The number of aromatic nitrogens is 2. The summed E-state index contributed by atoms with van der Waals surface area (Å²) in [4.78, 5) is 11.9. The average molecular weight is 421 g/mol. The highest BCUT2D eigenvalue weighted by Gasteiger charge is 2.16. The largest absolute Gasteiger partial charge is 0.337 e. The predicted octanol–water partition coefficient (Wildman–Crippen LogP) is 6.35. The zero-order valence-electron chi connectivity index (χ0n) is 15.9.